The molecular formula is C16H12BrF3N4. The van der Waals surface area contributed by atoms with E-state index >= 15 is 0 Å². The van der Waals surface area contributed by atoms with Crippen molar-refractivity contribution in [1.82, 2.24) is 19.5 Å². The minimum atomic E-state index is -4.36. The van der Waals surface area contributed by atoms with Crippen LogP contribution in [0.25, 0.3) is 17.2 Å². The summed E-state index contributed by atoms with van der Waals surface area (Å²) in [6, 6.07) is 6.64. The van der Waals surface area contributed by atoms with E-state index in [4.69, 9.17) is 0 Å². The Morgan fingerprint density at radius 2 is 1.67 bits per heavy atom. The molecule has 24 heavy (non-hydrogen) atoms. The fourth-order valence-electron chi connectivity index (χ4n) is 2.28. The number of halogens is 4. The molecule has 3 aromatic rings. The minimum absolute atomic E-state index is 0.417. The Hall–Kier alpha value is -2.22. The number of benzene rings is 1. The monoisotopic (exact) mass is 396 g/mol. The molecule has 0 unspecified atom stereocenters. The first-order chi connectivity index (χ1) is 11.2. The maximum Gasteiger partial charge on any atom is 0.416 e. The van der Waals surface area contributed by atoms with E-state index in [-0.39, 0.29) is 0 Å². The van der Waals surface area contributed by atoms with E-state index in [1.54, 1.807) is 23.8 Å². The molecule has 0 bridgehead atoms. The van der Waals surface area contributed by atoms with E-state index in [1.807, 2.05) is 6.92 Å². The standard InChI is InChI=1S/C16H12BrF3N4/c1-9-7-13(11-3-5-12(6-4-11)16(18,19)20)23-15(21-9)24-8-14(17)22-10(24)2/h3-8H,1-2H3. The number of rotatable bonds is 2. The summed E-state index contributed by atoms with van der Waals surface area (Å²) in [6.45, 7) is 3.62. The Labute approximate surface area is 144 Å². The summed E-state index contributed by atoms with van der Waals surface area (Å²) in [5.74, 6) is 1.12. The van der Waals surface area contributed by atoms with Gasteiger partial charge in [0.15, 0.2) is 0 Å². The van der Waals surface area contributed by atoms with E-state index in [0.717, 1.165) is 12.1 Å². The zero-order valence-corrected chi connectivity index (χ0v) is 14.4. The van der Waals surface area contributed by atoms with E-state index in [1.165, 1.54) is 12.1 Å². The first kappa shape index (κ1) is 16.6. The maximum absolute atomic E-state index is 12.7. The van der Waals surface area contributed by atoms with Crippen molar-refractivity contribution in [3.05, 3.63) is 58.2 Å². The topological polar surface area (TPSA) is 43.6 Å². The molecule has 2 heterocycles. The second-order valence-electron chi connectivity index (χ2n) is 5.25. The second-order valence-corrected chi connectivity index (χ2v) is 6.06. The van der Waals surface area contributed by atoms with Crippen LogP contribution in [0.4, 0.5) is 13.2 Å². The van der Waals surface area contributed by atoms with Crippen LogP contribution in [-0.4, -0.2) is 19.5 Å². The molecule has 0 saturated carbocycles. The lowest BCUT2D eigenvalue weighted by molar-refractivity contribution is -0.137. The van der Waals surface area contributed by atoms with Gasteiger partial charge in [-0.2, -0.15) is 13.2 Å². The van der Waals surface area contributed by atoms with Crippen molar-refractivity contribution >= 4 is 15.9 Å². The number of aryl methyl sites for hydroxylation is 2. The second kappa shape index (κ2) is 6.01. The molecule has 124 valence electrons. The average molecular weight is 397 g/mol. The molecule has 0 spiro atoms. The number of imidazole rings is 1. The van der Waals surface area contributed by atoms with Gasteiger partial charge in [0.25, 0.3) is 0 Å². The molecule has 8 heteroatoms. The number of hydrogen-bond acceptors (Lipinski definition) is 3. The van der Waals surface area contributed by atoms with E-state index in [2.05, 4.69) is 30.9 Å². The molecular weight excluding hydrogens is 385 g/mol. The molecule has 1 aromatic carbocycles. The number of nitrogens with zero attached hydrogens (tertiary/aromatic N) is 4. The Kier molecular flexibility index (Phi) is 4.16. The lowest BCUT2D eigenvalue weighted by atomic mass is 10.1. The zero-order chi connectivity index (χ0) is 17.5. The Balaban J connectivity index is 2.05. The highest BCUT2D eigenvalue weighted by Crippen LogP contribution is 2.30. The third kappa shape index (κ3) is 3.33. The van der Waals surface area contributed by atoms with Crippen molar-refractivity contribution in [3.8, 4) is 17.2 Å². The van der Waals surface area contributed by atoms with Crippen LogP contribution in [0.3, 0.4) is 0 Å². The third-order valence-corrected chi connectivity index (χ3v) is 3.80. The molecule has 0 aliphatic rings. The van der Waals surface area contributed by atoms with Crippen molar-refractivity contribution in [2.24, 2.45) is 0 Å². The molecule has 0 N–H and O–H groups in total. The SMILES string of the molecule is Cc1cc(-c2ccc(C(F)(F)F)cc2)nc(-n2cc(Br)nc2C)n1. The Bertz CT molecular complexity index is 885. The first-order valence-electron chi connectivity index (χ1n) is 6.99. The van der Waals surface area contributed by atoms with E-state index in [9.17, 15) is 13.2 Å². The number of alkyl halides is 3. The molecule has 4 nitrogen and oxygen atoms in total. The van der Waals surface area contributed by atoms with Crippen molar-refractivity contribution in [3.63, 3.8) is 0 Å². The van der Waals surface area contributed by atoms with Gasteiger partial charge < -0.3 is 0 Å². The van der Waals surface area contributed by atoms with Gasteiger partial charge >= 0.3 is 6.18 Å². The van der Waals surface area contributed by atoms with Crippen molar-refractivity contribution in [2.75, 3.05) is 0 Å². The van der Waals surface area contributed by atoms with Crippen LogP contribution in [0.1, 0.15) is 17.1 Å². The molecule has 3 rings (SSSR count). The fourth-order valence-corrected chi connectivity index (χ4v) is 2.74. The summed E-state index contributed by atoms with van der Waals surface area (Å²) in [5, 5.41) is 0. The molecule has 0 aliphatic heterocycles. The van der Waals surface area contributed by atoms with Gasteiger partial charge in [0, 0.05) is 17.5 Å². The highest BCUT2D eigenvalue weighted by Gasteiger charge is 2.30. The van der Waals surface area contributed by atoms with Crippen LogP contribution < -0.4 is 0 Å². The molecule has 2 aromatic heterocycles. The Morgan fingerprint density at radius 3 is 2.21 bits per heavy atom. The van der Waals surface area contributed by atoms with Crippen LogP contribution in [0.15, 0.2) is 41.1 Å². The summed E-state index contributed by atoms with van der Waals surface area (Å²) in [4.78, 5) is 13.1. The lowest BCUT2D eigenvalue weighted by Crippen LogP contribution is -2.05. The predicted molar refractivity (Wildman–Crippen MR) is 86.8 cm³/mol. The molecule has 0 fully saturated rings. The molecule has 0 atom stereocenters. The highest BCUT2D eigenvalue weighted by molar-refractivity contribution is 9.10. The van der Waals surface area contributed by atoms with Crippen LogP contribution in [-0.2, 0) is 6.18 Å². The molecule has 0 amide bonds. The number of hydrogen-bond donors (Lipinski definition) is 0. The normalized spacial score (nSPS) is 11.8. The van der Waals surface area contributed by atoms with Gasteiger partial charge in [0.1, 0.15) is 10.4 Å². The van der Waals surface area contributed by atoms with Gasteiger partial charge in [-0.15, -0.1) is 0 Å². The first-order valence-corrected chi connectivity index (χ1v) is 7.78. The van der Waals surface area contributed by atoms with Crippen LogP contribution in [0, 0.1) is 13.8 Å². The highest BCUT2D eigenvalue weighted by atomic mass is 79.9. The average Bonchev–Trinajstić information content (AvgIpc) is 2.84. The molecule has 0 aliphatic carbocycles. The van der Waals surface area contributed by atoms with Crippen LogP contribution >= 0.6 is 15.9 Å². The van der Waals surface area contributed by atoms with Gasteiger partial charge in [-0.1, -0.05) is 12.1 Å². The summed E-state index contributed by atoms with van der Waals surface area (Å²) in [7, 11) is 0. The lowest BCUT2D eigenvalue weighted by Gasteiger charge is -2.10. The van der Waals surface area contributed by atoms with Crippen molar-refractivity contribution in [1.29, 1.82) is 0 Å². The predicted octanol–water partition coefficient (Wildman–Crippen LogP) is 4.73. The number of aromatic nitrogens is 4. The summed E-state index contributed by atoms with van der Waals surface area (Å²) < 4.78 is 40.4. The van der Waals surface area contributed by atoms with Crippen LogP contribution in [0.5, 0.6) is 0 Å². The minimum Gasteiger partial charge on any atom is -0.271 e. The largest absolute Gasteiger partial charge is 0.416 e. The van der Waals surface area contributed by atoms with Gasteiger partial charge in [0.05, 0.1) is 11.3 Å². The van der Waals surface area contributed by atoms with E-state index in [0.29, 0.717) is 33.3 Å². The quantitative estimate of drug-likeness (QED) is 0.628. The van der Waals surface area contributed by atoms with Crippen LogP contribution in [0.2, 0.25) is 0 Å². The van der Waals surface area contributed by atoms with E-state index < -0.39 is 11.7 Å². The zero-order valence-electron chi connectivity index (χ0n) is 12.8. The van der Waals surface area contributed by atoms with Gasteiger partial charge in [-0.05, 0) is 48.0 Å². The summed E-state index contributed by atoms with van der Waals surface area (Å²) >= 11 is 3.29. The smallest absolute Gasteiger partial charge is 0.271 e. The third-order valence-electron chi connectivity index (χ3n) is 3.42. The van der Waals surface area contributed by atoms with Gasteiger partial charge in [-0.3, -0.25) is 4.57 Å². The molecule has 0 radical (unpaired) electrons. The maximum atomic E-state index is 12.7. The van der Waals surface area contributed by atoms with Gasteiger partial charge in [0.2, 0.25) is 5.95 Å². The van der Waals surface area contributed by atoms with Crippen molar-refractivity contribution in [2.45, 2.75) is 20.0 Å². The van der Waals surface area contributed by atoms with Crippen molar-refractivity contribution < 1.29 is 13.2 Å². The fraction of sp³-hybridized carbons (Fsp3) is 0.188. The summed E-state index contributed by atoms with van der Waals surface area (Å²) in [5.41, 5.74) is 1.16. The summed E-state index contributed by atoms with van der Waals surface area (Å²) in [6.07, 6.45) is -2.62. The Morgan fingerprint density at radius 1 is 1.00 bits per heavy atom. The van der Waals surface area contributed by atoms with Gasteiger partial charge in [-0.25, -0.2) is 15.0 Å². The molecule has 0 saturated heterocycles.